The van der Waals surface area contributed by atoms with Crippen LogP contribution in [0.5, 0.6) is 0 Å². The number of para-hydroxylation sites is 1. The monoisotopic (exact) mass is 366 g/mol. The molecule has 142 valence electrons. The maximum Gasteiger partial charge on any atom is 0.226 e. The van der Waals surface area contributed by atoms with Gasteiger partial charge in [0.05, 0.1) is 0 Å². The van der Waals surface area contributed by atoms with Gasteiger partial charge in [0.2, 0.25) is 11.8 Å². The molecule has 5 heteroatoms. The van der Waals surface area contributed by atoms with Crippen LogP contribution in [-0.4, -0.2) is 24.1 Å². The lowest BCUT2D eigenvalue weighted by Crippen LogP contribution is -2.33. The van der Waals surface area contributed by atoms with Gasteiger partial charge in [-0.05, 0) is 43.5 Å². The lowest BCUT2D eigenvalue weighted by Gasteiger charge is -2.25. The summed E-state index contributed by atoms with van der Waals surface area (Å²) in [5, 5.41) is 2.80. The maximum atomic E-state index is 12.4. The molecule has 0 heterocycles. The molecule has 2 aromatic carbocycles. The van der Waals surface area contributed by atoms with E-state index in [1.54, 1.807) is 29.2 Å². The van der Waals surface area contributed by atoms with E-state index >= 15 is 0 Å². The van der Waals surface area contributed by atoms with E-state index in [4.69, 9.17) is 0 Å². The first-order valence-electron chi connectivity index (χ1n) is 9.11. The van der Waals surface area contributed by atoms with Gasteiger partial charge < -0.3 is 10.2 Å². The first-order valence-corrected chi connectivity index (χ1v) is 9.11. The van der Waals surface area contributed by atoms with Gasteiger partial charge in [-0.25, -0.2) is 0 Å². The summed E-state index contributed by atoms with van der Waals surface area (Å²) < 4.78 is 0. The molecule has 0 unspecified atom stereocenters. The number of hydrogen-bond donors (Lipinski definition) is 1. The zero-order chi connectivity index (χ0) is 20.0. The number of nitrogens with one attached hydrogen (secondary N) is 1. The molecule has 5 nitrogen and oxygen atoms in total. The molecule has 0 spiro atoms. The molecule has 0 bridgehead atoms. The van der Waals surface area contributed by atoms with Crippen molar-refractivity contribution in [1.29, 1.82) is 0 Å². The van der Waals surface area contributed by atoms with E-state index in [2.05, 4.69) is 5.32 Å². The van der Waals surface area contributed by atoms with Crippen molar-refractivity contribution in [3.63, 3.8) is 0 Å². The average Bonchev–Trinajstić information content (AvgIpc) is 2.62. The Hall–Kier alpha value is -2.95. The Morgan fingerprint density at radius 2 is 1.74 bits per heavy atom. The van der Waals surface area contributed by atoms with Gasteiger partial charge >= 0.3 is 0 Å². The molecular formula is C22H26N2O3. The van der Waals surface area contributed by atoms with Crippen LogP contribution in [0, 0.1) is 6.92 Å². The van der Waals surface area contributed by atoms with Crippen LogP contribution in [0.15, 0.2) is 42.5 Å². The zero-order valence-electron chi connectivity index (χ0n) is 16.3. The molecule has 0 saturated carbocycles. The summed E-state index contributed by atoms with van der Waals surface area (Å²) in [5.41, 5.74) is 4.11. The van der Waals surface area contributed by atoms with Crippen molar-refractivity contribution in [1.82, 2.24) is 0 Å². The molecule has 0 aliphatic heterocycles. The molecule has 0 aliphatic carbocycles. The predicted molar refractivity (Wildman–Crippen MR) is 108 cm³/mol. The van der Waals surface area contributed by atoms with Gasteiger partial charge in [-0.1, -0.05) is 37.3 Å². The summed E-state index contributed by atoms with van der Waals surface area (Å²) in [6.07, 6.45) is 0.978. The molecule has 0 atom stereocenters. The molecule has 1 N–H and O–H groups in total. The van der Waals surface area contributed by atoms with Crippen molar-refractivity contribution in [2.45, 2.75) is 40.5 Å². The second kappa shape index (κ2) is 9.12. The third kappa shape index (κ3) is 5.26. The second-order valence-electron chi connectivity index (χ2n) is 6.54. The minimum Gasteiger partial charge on any atom is -0.326 e. The van der Waals surface area contributed by atoms with E-state index in [0.29, 0.717) is 17.8 Å². The Morgan fingerprint density at radius 1 is 1.04 bits per heavy atom. The van der Waals surface area contributed by atoms with Crippen LogP contribution in [0.25, 0.3) is 0 Å². The summed E-state index contributed by atoms with van der Waals surface area (Å²) in [6.45, 7) is 7.31. The fraction of sp³-hybridized carbons (Fsp3) is 0.318. The summed E-state index contributed by atoms with van der Waals surface area (Å²) in [6, 6.07) is 12.8. The van der Waals surface area contributed by atoms with Crippen molar-refractivity contribution >= 4 is 29.0 Å². The average molecular weight is 366 g/mol. The first kappa shape index (κ1) is 20.4. The molecule has 0 aliphatic rings. The van der Waals surface area contributed by atoms with Crippen LogP contribution in [0.4, 0.5) is 11.4 Å². The lowest BCUT2D eigenvalue weighted by atomic mass is 10.0. The van der Waals surface area contributed by atoms with Gasteiger partial charge in [0.1, 0.15) is 0 Å². The number of nitrogens with zero attached hydrogens (tertiary/aromatic N) is 1. The lowest BCUT2D eigenvalue weighted by molar-refractivity contribution is -0.117. The van der Waals surface area contributed by atoms with Crippen LogP contribution in [0.1, 0.15) is 48.7 Å². The molecule has 27 heavy (non-hydrogen) atoms. The SMILES string of the molecule is CCc1cccc(C)c1N(CCC(=O)Nc1cccc(C(C)=O)c1)C(C)=O. The van der Waals surface area contributed by atoms with Crippen LogP contribution in [0.3, 0.4) is 0 Å². The van der Waals surface area contributed by atoms with Gasteiger partial charge in [-0.15, -0.1) is 0 Å². The Labute approximate surface area is 160 Å². The number of carbonyl (C=O) groups excluding carboxylic acids is 3. The minimum absolute atomic E-state index is 0.0551. The molecule has 2 amide bonds. The third-order valence-corrected chi connectivity index (χ3v) is 4.47. The van der Waals surface area contributed by atoms with Crippen molar-refractivity contribution in [3.05, 3.63) is 59.2 Å². The molecule has 2 aromatic rings. The van der Waals surface area contributed by atoms with Crippen LogP contribution in [-0.2, 0) is 16.0 Å². The highest BCUT2D eigenvalue weighted by Crippen LogP contribution is 2.26. The second-order valence-corrected chi connectivity index (χ2v) is 6.54. The normalized spacial score (nSPS) is 10.4. The van der Waals surface area contributed by atoms with Crippen molar-refractivity contribution < 1.29 is 14.4 Å². The van der Waals surface area contributed by atoms with E-state index in [1.165, 1.54) is 13.8 Å². The largest absolute Gasteiger partial charge is 0.326 e. The highest BCUT2D eigenvalue weighted by molar-refractivity contribution is 5.98. The molecule has 0 fully saturated rings. The van der Waals surface area contributed by atoms with Gasteiger partial charge in [-0.3, -0.25) is 14.4 Å². The van der Waals surface area contributed by atoms with Crippen molar-refractivity contribution in [2.24, 2.45) is 0 Å². The number of rotatable bonds is 7. The van der Waals surface area contributed by atoms with Gasteiger partial charge in [0.15, 0.2) is 5.78 Å². The maximum absolute atomic E-state index is 12.4. The third-order valence-electron chi connectivity index (χ3n) is 4.47. The summed E-state index contributed by atoms with van der Waals surface area (Å²) in [5.74, 6) is -0.348. The topological polar surface area (TPSA) is 66.5 Å². The van der Waals surface area contributed by atoms with Crippen molar-refractivity contribution in [3.8, 4) is 0 Å². The fourth-order valence-electron chi connectivity index (χ4n) is 3.07. The molecule has 0 radical (unpaired) electrons. The molecule has 0 aromatic heterocycles. The Morgan fingerprint density at radius 3 is 2.37 bits per heavy atom. The summed E-state index contributed by atoms with van der Waals surface area (Å²) >= 11 is 0. The smallest absolute Gasteiger partial charge is 0.226 e. The number of hydrogen-bond acceptors (Lipinski definition) is 3. The fourth-order valence-corrected chi connectivity index (χ4v) is 3.07. The van der Waals surface area contributed by atoms with Crippen molar-refractivity contribution in [2.75, 3.05) is 16.8 Å². The molecule has 2 rings (SSSR count). The number of anilines is 2. The highest BCUT2D eigenvalue weighted by atomic mass is 16.2. The molecule has 0 saturated heterocycles. The van der Waals surface area contributed by atoms with Crippen LogP contribution >= 0.6 is 0 Å². The first-order chi connectivity index (χ1) is 12.8. The minimum atomic E-state index is -0.200. The van der Waals surface area contributed by atoms with E-state index in [9.17, 15) is 14.4 Å². The number of carbonyl (C=O) groups is 3. The van der Waals surface area contributed by atoms with Gasteiger partial charge in [0.25, 0.3) is 0 Å². The number of aryl methyl sites for hydroxylation is 2. The van der Waals surface area contributed by atoms with E-state index in [-0.39, 0.29) is 24.0 Å². The van der Waals surface area contributed by atoms with Gasteiger partial charge in [-0.2, -0.15) is 0 Å². The quantitative estimate of drug-likeness (QED) is 0.749. The Bertz CT molecular complexity index is 858. The predicted octanol–water partition coefficient (Wildman–Crippen LogP) is 4.14. The Kier molecular flexibility index (Phi) is 6.88. The molecular weight excluding hydrogens is 340 g/mol. The van der Waals surface area contributed by atoms with E-state index in [1.807, 2.05) is 32.0 Å². The summed E-state index contributed by atoms with van der Waals surface area (Å²) in [7, 11) is 0. The van der Waals surface area contributed by atoms with Gasteiger partial charge in [0, 0.05) is 36.8 Å². The zero-order valence-corrected chi connectivity index (χ0v) is 16.3. The number of Topliss-reactive ketones (excluding diaryl/α,β-unsaturated/α-hetero) is 1. The van der Waals surface area contributed by atoms with Crippen LogP contribution in [0.2, 0.25) is 0 Å². The number of benzene rings is 2. The number of ketones is 1. The highest BCUT2D eigenvalue weighted by Gasteiger charge is 2.18. The van der Waals surface area contributed by atoms with E-state index in [0.717, 1.165) is 23.2 Å². The summed E-state index contributed by atoms with van der Waals surface area (Å²) in [4.78, 5) is 37.7. The number of amides is 2. The standard InChI is InChI=1S/C22H26N2O3/c1-5-18-9-6-8-15(2)22(18)24(17(4)26)13-12-21(27)23-20-11-7-10-19(14-20)16(3)25/h6-11,14H,5,12-13H2,1-4H3,(H,23,27). The Balaban J connectivity index is 2.11. The van der Waals surface area contributed by atoms with Crippen LogP contribution < -0.4 is 10.2 Å². The van der Waals surface area contributed by atoms with E-state index < -0.39 is 0 Å².